The lowest BCUT2D eigenvalue weighted by Gasteiger charge is -2.30. The molecule has 2 aliphatic heterocycles. The maximum atomic E-state index is 12.7. The summed E-state index contributed by atoms with van der Waals surface area (Å²) < 4.78 is 5.41. The lowest BCUT2D eigenvalue weighted by molar-refractivity contribution is 0.0342. The van der Waals surface area contributed by atoms with Crippen molar-refractivity contribution in [1.82, 2.24) is 9.80 Å². The van der Waals surface area contributed by atoms with E-state index in [1.807, 2.05) is 30.3 Å². The van der Waals surface area contributed by atoms with Crippen molar-refractivity contribution in [2.24, 2.45) is 5.92 Å². The zero-order valence-corrected chi connectivity index (χ0v) is 18.0. The van der Waals surface area contributed by atoms with Crippen LogP contribution in [0.5, 0.6) is 0 Å². The van der Waals surface area contributed by atoms with Gasteiger partial charge in [-0.15, -0.1) is 0 Å². The summed E-state index contributed by atoms with van der Waals surface area (Å²) >= 11 is 0. The van der Waals surface area contributed by atoms with Gasteiger partial charge >= 0.3 is 0 Å². The van der Waals surface area contributed by atoms with E-state index in [1.165, 1.54) is 31.5 Å². The van der Waals surface area contributed by atoms with Gasteiger partial charge in [-0.3, -0.25) is 14.6 Å². The van der Waals surface area contributed by atoms with Crippen LogP contribution in [0.15, 0.2) is 48.5 Å². The average molecular weight is 408 g/mol. The Kier molecular flexibility index (Phi) is 7.16. The zero-order chi connectivity index (χ0) is 20.8. The van der Waals surface area contributed by atoms with Gasteiger partial charge in [-0.25, -0.2) is 0 Å². The third-order valence-corrected chi connectivity index (χ3v) is 6.06. The first kappa shape index (κ1) is 21.0. The molecule has 2 aliphatic rings. The van der Waals surface area contributed by atoms with Crippen molar-refractivity contribution in [2.75, 3.05) is 44.7 Å². The third-order valence-electron chi connectivity index (χ3n) is 6.06. The number of ether oxygens (including phenoxy) is 1. The van der Waals surface area contributed by atoms with E-state index < -0.39 is 0 Å². The maximum absolute atomic E-state index is 12.7. The summed E-state index contributed by atoms with van der Waals surface area (Å²) in [6.45, 7) is 10.00. The smallest absolute Gasteiger partial charge is 0.255 e. The summed E-state index contributed by atoms with van der Waals surface area (Å²) in [5.74, 6) is 0.729. The van der Waals surface area contributed by atoms with E-state index in [2.05, 4.69) is 40.2 Å². The molecule has 1 unspecified atom stereocenters. The standard InChI is InChI=1S/C25H33N3O2/c1-20-4-3-11-28(17-20)18-21-7-9-24(10-8-21)26-25(29)23-6-2-5-22(16-23)19-27-12-14-30-15-13-27/h2,5-10,16,20H,3-4,11-15,17-19H2,1H3,(H,26,29). The SMILES string of the molecule is CC1CCCN(Cc2ccc(NC(=O)c3cccc(CN4CCOCC4)c3)cc2)C1. The first-order valence-electron chi connectivity index (χ1n) is 11.2. The highest BCUT2D eigenvalue weighted by Crippen LogP contribution is 2.19. The molecule has 160 valence electrons. The highest BCUT2D eigenvalue weighted by molar-refractivity contribution is 6.04. The highest BCUT2D eigenvalue weighted by atomic mass is 16.5. The van der Waals surface area contributed by atoms with Gasteiger partial charge in [0.2, 0.25) is 0 Å². The molecular formula is C25H33N3O2. The molecule has 2 heterocycles. The minimum Gasteiger partial charge on any atom is -0.379 e. The van der Waals surface area contributed by atoms with Crippen LogP contribution in [-0.4, -0.2) is 55.1 Å². The molecular weight excluding hydrogens is 374 g/mol. The van der Waals surface area contributed by atoms with E-state index in [9.17, 15) is 4.79 Å². The Morgan fingerprint density at radius 2 is 1.77 bits per heavy atom. The number of hydrogen-bond donors (Lipinski definition) is 1. The molecule has 0 aromatic heterocycles. The van der Waals surface area contributed by atoms with Crippen LogP contribution in [0.1, 0.15) is 41.3 Å². The fraction of sp³-hybridized carbons (Fsp3) is 0.480. The number of likely N-dealkylation sites (tertiary alicyclic amines) is 1. The Bertz CT molecular complexity index is 831. The number of nitrogens with zero attached hydrogens (tertiary/aromatic N) is 2. The van der Waals surface area contributed by atoms with E-state index in [-0.39, 0.29) is 5.91 Å². The van der Waals surface area contributed by atoms with Gasteiger partial charge in [0.15, 0.2) is 0 Å². The van der Waals surface area contributed by atoms with Gasteiger partial charge in [-0.1, -0.05) is 31.2 Å². The van der Waals surface area contributed by atoms with Gasteiger partial charge in [0.25, 0.3) is 5.91 Å². The van der Waals surface area contributed by atoms with Crippen LogP contribution in [0.25, 0.3) is 0 Å². The summed E-state index contributed by atoms with van der Waals surface area (Å²) in [4.78, 5) is 17.6. The fourth-order valence-electron chi connectivity index (χ4n) is 4.41. The van der Waals surface area contributed by atoms with Crippen LogP contribution >= 0.6 is 0 Å². The molecule has 0 bridgehead atoms. The first-order valence-corrected chi connectivity index (χ1v) is 11.2. The van der Waals surface area contributed by atoms with E-state index in [0.29, 0.717) is 5.56 Å². The minimum atomic E-state index is -0.0589. The summed E-state index contributed by atoms with van der Waals surface area (Å²) in [6, 6.07) is 16.2. The number of carbonyl (C=O) groups excluding carboxylic acids is 1. The number of amides is 1. The number of rotatable bonds is 6. The van der Waals surface area contributed by atoms with Crippen LogP contribution < -0.4 is 5.32 Å². The van der Waals surface area contributed by atoms with Gasteiger partial charge in [0.1, 0.15) is 0 Å². The first-order chi connectivity index (χ1) is 14.7. The molecule has 30 heavy (non-hydrogen) atoms. The fourth-order valence-corrected chi connectivity index (χ4v) is 4.41. The van der Waals surface area contributed by atoms with E-state index in [0.717, 1.165) is 56.6 Å². The van der Waals surface area contributed by atoms with Crippen molar-refractivity contribution in [3.8, 4) is 0 Å². The second kappa shape index (κ2) is 10.2. The largest absolute Gasteiger partial charge is 0.379 e. The molecule has 2 saturated heterocycles. The number of nitrogens with one attached hydrogen (secondary N) is 1. The van der Waals surface area contributed by atoms with Crippen LogP contribution in [0.2, 0.25) is 0 Å². The van der Waals surface area contributed by atoms with Gasteiger partial charge in [-0.05, 0) is 60.7 Å². The predicted molar refractivity (Wildman–Crippen MR) is 121 cm³/mol. The Morgan fingerprint density at radius 1 is 1.00 bits per heavy atom. The molecule has 0 radical (unpaired) electrons. The quantitative estimate of drug-likeness (QED) is 0.786. The predicted octanol–water partition coefficient (Wildman–Crippen LogP) is 4.00. The Hall–Kier alpha value is -2.21. The van der Waals surface area contributed by atoms with Crippen molar-refractivity contribution in [3.63, 3.8) is 0 Å². The normalized spacial score (nSPS) is 20.8. The van der Waals surface area contributed by atoms with Crippen LogP contribution in [-0.2, 0) is 17.8 Å². The Morgan fingerprint density at radius 3 is 2.53 bits per heavy atom. The number of benzene rings is 2. The van der Waals surface area contributed by atoms with Gasteiger partial charge in [0, 0.05) is 44.0 Å². The second-order valence-corrected chi connectivity index (χ2v) is 8.72. The number of piperidine rings is 1. The average Bonchev–Trinajstić information content (AvgIpc) is 2.76. The summed E-state index contributed by atoms with van der Waals surface area (Å²) in [6.07, 6.45) is 2.63. The molecule has 2 fully saturated rings. The molecule has 5 nitrogen and oxygen atoms in total. The molecule has 5 heteroatoms. The lowest BCUT2D eigenvalue weighted by atomic mass is 10.00. The molecule has 0 saturated carbocycles. The van der Waals surface area contributed by atoms with Crippen LogP contribution in [0.3, 0.4) is 0 Å². The molecule has 0 spiro atoms. The van der Waals surface area contributed by atoms with Crippen molar-refractivity contribution in [3.05, 3.63) is 65.2 Å². The molecule has 0 aliphatic carbocycles. The molecule has 2 aromatic rings. The topological polar surface area (TPSA) is 44.8 Å². The van der Waals surface area contributed by atoms with Crippen LogP contribution in [0.4, 0.5) is 5.69 Å². The zero-order valence-electron chi connectivity index (χ0n) is 18.0. The van der Waals surface area contributed by atoms with Crippen molar-refractivity contribution >= 4 is 11.6 Å². The second-order valence-electron chi connectivity index (χ2n) is 8.72. The van der Waals surface area contributed by atoms with Crippen molar-refractivity contribution in [1.29, 1.82) is 0 Å². The summed E-state index contributed by atoms with van der Waals surface area (Å²) in [5, 5.41) is 3.04. The number of hydrogen-bond acceptors (Lipinski definition) is 4. The molecule has 2 aromatic carbocycles. The van der Waals surface area contributed by atoms with Gasteiger partial charge < -0.3 is 10.1 Å². The monoisotopic (exact) mass is 407 g/mol. The number of morpholine rings is 1. The molecule has 1 amide bonds. The van der Waals surface area contributed by atoms with E-state index in [4.69, 9.17) is 4.74 Å². The van der Waals surface area contributed by atoms with E-state index >= 15 is 0 Å². The maximum Gasteiger partial charge on any atom is 0.255 e. The number of carbonyl (C=O) groups is 1. The lowest BCUT2D eigenvalue weighted by Crippen LogP contribution is -2.35. The summed E-state index contributed by atoms with van der Waals surface area (Å²) in [7, 11) is 0. The van der Waals surface area contributed by atoms with Crippen molar-refractivity contribution < 1.29 is 9.53 Å². The summed E-state index contributed by atoms with van der Waals surface area (Å²) in [5.41, 5.74) is 4.01. The molecule has 4 rings (SSSR count). The van der Waals surface area contributed by atoms with E-state index in [1.54, 1.807) is 0 Å². The van der Waals surface area contributed by atoms with Gasteiger partial charge in [0.05, 0.1) is 13.2 Å². The highest BCUT2D eigenvalue weighted by Gasteiger charge is 2.16. The van der Waals surface area contributed by atoms with Gasteiger partial charge in [-0.2, -0.15) is 0 Å². The molecule has 1 N–H and O–H groups in total. The Labute approximate surface area is 180 Å². The van der Waals surface area contributed by atoms with Crippen molar-refractivity contribution in [2.45, 2.75) is 32.9 Å². The molecule has 1 atom stereocenters. The van der Waals surface area contributed by atoms with Crippen LogP contribution in [0, 0.1) is 5.92 Å². The minimum absolute atomic E-state index is 0.0589. The third kappa shape index (κ3) is 5.91. The Balaban J connectivity index is 1.32. The number of anilines is 1.